The van der Waals surface area contributed by atoms with Gasteiger partial charge in [0.05, 0.1) is 17.5 Å². The standard InChI is InChI=1S/C34H30ClN5O5/c35-24-15-13-22(14-16-24)20-29(31(42)37-17-18-40-32(43)27-11-4-5-12-28(27)33(40)44)38-34(36)39-30(41)21-23-7-6-10-26(19-23)45-25-8-2-1-3-9-25/h1-16,19,29H,17-18,20-21H2,(H,37,42)(H3,36,38,39,41). The lowest BCUT2D eigenvalue weighted by atomic mass is 10.1. The van der Waals surface area contributed by atoms with E-state index in [1.807, 2.05) is 30.3 Å². The number of ether oxygens (including phenoxy) is 1. The number of para-hydroxylation sites is 1. The van der Waals surface area contributed by atoms with Crippen molar-refractivity contribution >= 4 is 41.2 Å². The second kappa shape index (κ2) is 14.3. The van der Waals surface area contributed by atoms with Gasteiger partial charge >= 0.3 is 0 Å². The van der Waals surface area contributed by atoms with Gasteiger partial charge in [0.1, 0.15) is 17.5 Å². The molecule has 0 bridgehead atoms. The summed E-state index contributed by atoms with van der Waals surface area (Å²) in [7, 11) is 0. The van der Waals surface area contributed by atoms with Gasteiger partial charge in [-0.05, 0) is 59.7 Å². The van der Waals surface area contributed by atoms with Crippen molar-refractivity contribution in [3.05, 3.63) is 130 Å². The van der Waals surface area contributed by atoms with Gasteiger partial charge in [0, 0.05) is 24.5 Å². The van der Waals surface area contributed by atoms with Crippen molar-refractivity contribution < 1.29 is 23.9 Å². The molecule has 1 atom stereocenters. The van der Waals surface area contributed by atoms with Crippen LogP contribution in [-0.4, -0.2) is 53.6 Å². The molecule has 11 heteroatoms. The molecule has 4 aromatic carbocycles. The Morgan fingerprint density at radius 1 is 0.822 bits per heavy atom. The summed E-state index contributed by atoms with van der Waals surface area (Å²) in [6.07, 6.45) is 0.155. The first-order valence-electron chi connectivity index (χ1n) is 14.2. The van der Waals surface area contributed by atoms with Crippen LogP contribution in [0.3, 0.4) is 0 Å². The monoisotopic (exact) mass is 623 g/mol. The number of imide groups is 1. The number of aliphatic imine (C=N–C) groups is 1. The molecule has 5 rings (SSSR count). The molecule has 1 aliphatic rings. The van der Waals surface area contributed by atoms with E-state index < -0.39 is 29.7 Å². The number of hydrogen-bond acceptors (Lipinski definition) is 6. The molecule has 0 spiro atoms. The van der Waals surface area contributed by atoms with Crippen molar-refractivity contribution in [2.75, 3.05) is 13.1 Å². The first-order valence-corrected chi connectivity index (χ1v) is 14.6. The zero-order valence-corrected chi connectivity index (χ0v) is 24.9. The lowest BCUT2D eigenvalue weighted by Crippen LogP contribution is -2.44. The highest BCUT2D eigenvalue weighted by Gasteiger charge is 2.34. The molecule has 4 amide bonds. The van der Waals surface area contributed by atoms with Gasteiger partial charge in [0.15, 0.2) is 5.96 Å². The number of rotatable bonds is 11. The smallest absolute Gasteiger partial charge is 0.261 e. The minimum atomic E-state index is -1.02. The van der Waals surface area contributed by atoms with Crippen LogP contribution in [0, 0.1) is 0 Å². The average molecular weight is 624 g/mol. The molecular weight excluding hydrogens is 594 g/mol. The minimum Gasteiger partial charge on any atom is -0.457 e. The van der Waals surface area contributed by atoms with Crippen LogP contribution in [0.15, 0.2) is 108 Å². The van der Waals surface area contributed by atoms with Gasteiger partial charge in [-0.2, -0.15) is 0 Å². The molecule has 10 nitrogen and oxygen atoms in total. The van der Waals surface area contributed by atoms with Crippen molar-refractivity contribution in [2.24, 2.45) is 10.7 Å². The maximum absolute atomic E-state index is 13.3. The molecule has 4 N–H and O–H groups in total. The Labute approximate surface area is 264 Å². The highest BCUT2D eigenvalue weighted by Crippen LogP contribution is 2.23. The summed E-state index contributed by atoms with van der Waals surface area (Å²) in [6.45, 7) is -0.0146. The SMILES string of the molecule is NC(=NC(Cc1ccc(Cl)cc1)C(=O)NCCN1C(=O)c2ccccc2C1=O)NC(=O)Cc1cccc(Oc2ccccc2)c1. The van der Waals surface area contributed by atoms with E-state index in [1.54, 1.807) is 72.8 Å². The molecule has 4 aromatic rings. The van der Waals surface area contributed by atoms with Crippen LogP contribution < -0.4 is 21.1 Å². The van der Waals surface area contributed by atoms with E-state index in [2.05, 4.69) is 15.6 Å². The predicted molar refractivity (Wildman–Crippen MR) is 170 cm³/mol. The van der Waals surface area contributed by atoms with Crippen LogP contribution >= 0.6 is 11.6 Å². The zero-order chi connectivity index (χ0) is 31.8. The molecule has 1 unspecified atom stereocenters. The fourth-order valence-electron chi connectivity index (χ4n) is 4.81. The molecular formula is C34H30ClN5O5. The van der Waals surface area contributed by atoms with Crippen LogP contribution in [0.4, 0.5) is 0 Å². The van der Waals surface area contributed by atoms with Gasteiger partial charge in [0.25, 0.3) is 11.8 Å². The summed E-state index contributed by atoms with van der Waals surface area (Å²) in [4.78, 5) is 56.8. The summed E-state index contributed by atoms with van der Waals surface area (Å²) in [5, 5.41) is 5.82. The number of halogens is 1. The summed E-state index contributed by atoms with van der Waals surface area (Å²) in [6, 6.07) is 28.9. The van der Waals surface area contributed by atoms with Crippen LogP contribution in [-0.2, 0) is 22.4 Å². The van der Waals surface area contributed by atoms with Gasteiger partial charge in [0.2, 0.25) is 11.8 Å². The number of guanidine groups is 1. The molecule has 45 heavy (non-hydrogen) atoms. The molecule has 0 fully saturated rings. The van der Waals surface area contributed by atoms with Crippen LogP contribution in [0.2, 0.25) is 5.02 Å². The number of carbonyl (C=O) groups excluding carboxylic acids is 4. The maximum Gasteiger partial charge on any atom is 0.261 e. The Balaban J connectivity index is 1.21. The summed E-state index contributed by atoms with van der Waals surface area (Å²) in [5.41, 5.74) is 8.20. The zero-order valence-electron chi connectivity index (χ0n) is 24.1. The third kappa shape index (κ3) is 8.12. The van der Waals surface area contributed by atoms with Crippen LogP contribution in [0.1, 0.15) is 31.8 Å². The summed E-state index contributed by atoms with van der Waals surface area (Å²) < 4.78 is 5.84. The third-order valence-corrected chi connectivity index (χ3v) is 7.21. The van der Waals surface area contributed by atoms with Crippen molar-refractivity contribution in [1.29, 1.82) is 0 Å². The molecule has 0 saturated carbocycles. The number of carbonyl (C=O) groups is 4. The molecule has 228 valence electrons. The number of amides is 4. The molecule has 0 aliphatic carbocycles. The first kappa shape index (κ1) is 31.0. The Morgan fingerprint density at radius 3 is 2.16 bits per heavy atom. The lowest BCUT2D eigenvalue weighted by Gasteiger charge is -2.17. The molecule has 0 aromatic heterocycles. The second-order valence-electron chi connectivity index (χ2n) is 10.2. The van der Waals surface area contributed by atoms with Crippen LogP contribution in [0.25, 0.3) is 0 Å². The number of benzene rings is 4. The van der Waals surface area contributed by atoms with E-state index in [1.165, 1.54) is 0 Å². The lowest BCUT2D eigenvalue weighted by molar-refractivity contribution is -0.122. The van der Waals surface area contributed by atoms with Crippen molar-refractivity contribution in [2.45, 2.75) is 18.9 Å². The van der Waals surface area contributed by atoms with E-state index in [-0.39, 0.29) is 31.9 Å². The molecule has 0 radical (unpaired) electrons. The fraction of sp³-hybridized carbons (Fsp3) is 0.147. The normalized spacial score (nSPS) is 13.3. The largest absolute Gasteiger partial charge is 0.457 e. The molecule has 1 aliphatic heterocycles. The first-order chi connectivity index (χ1) is 21.8. The van der Waals surface area contributed by atoms with E-state index in [0.29, 0.717) is 33.2 Å². The molecule has 0 saturated heterocycles. The van der Waals surface area contributed by atoms with Crippen molar-refractivity contribution in [3.63, 3.8) is 0 Å². The van der Waals surface area contributed by atoms with E-state index in [9.17, 15) is 19.2 Å². The van der Waals surface area contributed by atoms with Crippen molar-refractivity contribution in [1.82, 2.24) is 15.5 Å². The van der Waals surface area contributed by atoms with Crippen LogP contribution in [0.5, 0.6) is 11.5 Å². The Morgan fingerprint density at radius 2 is 1.47 bits per heavy atom. The predicted octanol–water partition coefficient (Wildman–Crippen LogP) is 4.13. The third-order valence-electron chi connectivity index (χ3n) is 6.96. The Kier molecular flexibility index (Phi) is 9.86. The quantitative estimate of drug-likeness (QED) is 0.130. The van der Waals surface area contributed by atoms with Gasteiger partial charge in [-0.3, -0.25) is 29.4 Å². The van der Waals surface area contributed by atoms with E-state index in [4.69, 9.17) is 22.1 Å². The highest BCUT2D eigenvalue weighted by atomic mass is 35.5. The fourth-order valence-corrected chi connectivity index (χ4v) is 4.93. The van der Waals surface area contributed by atoms with Gasteiger partial charge in [-0.25, -0.2) is 4.99 Å². The number of nitrogens with zero attached hydrogens (tertiary/aromatic N) is 2. The Bertz CT molecular complexity index is 1710. The topological polar surface area (TPSA) is 143 Å². The highest BCUT2D eigenvalue weighted by molar-refractivity contribution is 6.30. The van der Waals surface area contributed by atoms with Gasteiger partial charge < -0.3 is 15.8 Å². The van der Waals surface area contributed by atoms with Gasteiger partial charge in [-0.15, -0.1) is 0 Å². The number of hydrogen-bond donors (Lipinski definition) is 3. The number of nitrogens with two attached hydrogens (primary N) is 1. The summed E-state index contributed by atoms with van der Waals surface area (Å²) in [5.74, 6) is -0.729. The second-order valence-corrected chi connectivity index (χ2v) is 10.7. The summed E-state index contributed by atoms with van der Waals surface area (Å²) >= 11 is 6.02. The van der Waals surface area contributed by atoms with E-state index >= 15 is 0 Å². The maximum atomic E-state index is 13.3. The van der Waals surface area contributed by atoms with Gasteiger partial charge in [-0.1, -0.05) is 66.2 Å². The number of fused-ring (bicyclic) bond motifs is 1. The minimum absolute atomic E-state index is 0.00343. The average Bonchev–Trinajstić information content (AvgIpc) is 3.27. The molecule has 1 heterocycles. The van der Waals surface area contributed by atoms with E-state index in [0.717, 1.165) is 10.5 Å². The van der Waals surface area contributed by atoms with Crippen molar-refractivity contribution in [3.8, 4) is 11.5 Å². The Hall–Kier alpha value is -5.48. The number of nitrogens with one attached hydrogen (secondary N) is 2.